The molecule has 1 aromatic rings. The fourth-order valence-corrected chi connectivity index (χ4v) is 3.08. The van der Waals surface area contributed by atoms with Gasteiger partial charge in [-0.05, 0) is 18.9 Å². The van der Waals surface area contributed by atoms with Gasteiger partial charge in [0.1, 0.15) is 5.82 Å². The van der Waals surface area contributed by atoms with Crippen molar-refractivity contribution in [1.82, 2.24) is 4.90 Å². The third-order valence-electron chi connectivity index (χ3n) is 3.75. The van der Waals surface area contributed by atoms with E-state index in [2.05, 4.69) is 15.9 Å². The zero-order valence-corrected chi connectivity index (χ0v) is 13.0. The average Bonchev–Trinajstić information content (AvgIpc) is 2.97. The molecule has 21 heavy (non-hydrogen) atoms. The highest BCUT2D eigenvalue weighted by Crippen LogP contribution is 2.26. The first-order chi connectivity index (χ1) is 10.0. The topological polar surface area (TPSA) is 63.4 Å². The van der Waals surface area contributed by atoms with Crippen LogP contribution in [-0.2, 0) is 0 Å². The van der Waals surface area contributed by atoms with Crippen LogP contribution in [0.1, 0.15) is 36.0 Å². The highest BCUT2D eigenvalue weighted by Gasteiger charge is 2.28. The molecule has 0 radical (unpaired) electrons. The van der Waals surface area contributed by atoms with E-state index in [1.165, 1.54) is 6.07 Å². The smallest absolute Gasteiger partial charge is 0.272 e. The second-order valence-corrected chi connectivity index (χ2v) is 5.84. The Labute approximate surface area is 130 Å². The molecule has 5 nitrogen and oxygen atoms in total. The van der Waals surface area contributed by atoms with Crippen molar-refractivity contribution in [3.05, 3.63) is 39.7 Å². The number of hydrogen-bond donors (Lipinski definition) is 0. The molecule has 0 N–H and O–H groups in total. The standard InChI is InChI=1S/C14H16BrFN2O3/c15-7-8-17(10-3-1-2-4-10)14(19)12-6-5-11(18(20)21)9-13(12)16/h5-6,9-10H,1-4,7-8H2. The molecule has 1 amide bonds. The van der Waals surface area contributed by atoms with Crippen LogP contribution in [0.5, 0.6) is 0 Å². The molecule has 1 aromatic carbocycles. The summed E-state index contributed by atoms with van der Waals surface area (Å²) < 4.78 is 14.0. The summed E-state index contributed by atoms with van der Waals surface area (Å²) in [5.74, 6) is -1.24. The number of carbonyl (C=O) groups is 1. The number of nitrogens with zero attached hydrogens (tertiary/aromatic N) is 2. The quantitative estimate of drug-likeness (QED) is 0.459. The van der Waals surface area contributed by atoms with Gasteiger partial charge in [0.15, 0.2) is 0 Å². The highest BCUT2D eigenvalue weighted by molar-refractivity contribution is 9.09. The number of halogens is 2. The van der Waals surface area contributed by atoms with E-state index in [1.54, 1.807) is 4.90 Å². The van der Waals surface area contributed by atoms with E-state index < -0.39 is 16.6 Å². The van der Waals surface area contributed by atoms with E-state index in [0.29, 0.717) is 11.9 Å². The normalized spacial score (nSPS) is 15.1. The minimum Gasteiger partial charge on any atom is -0.335 e. The molecule has 1 fully saturated rings. The number of rotatable bonds is 5. The van der Waals surface area contributed by atoms with Crippen molar-refractivity contribution in [2.75, 3.05) is 11.9 Å². The Bertz CT molecular complexity index is 547. The molecule has 7 heteroatoms. The maximum absolute atomic E-state index is 14.0. The van der Waals surface area contributed by atoms with Crippen LogP contribution in [-0.4, -0.2) is 33.6 Å². The molecule has 2 rings (SSSR count). The zero-order valence-electron chi connectivity index (χ0n) is 11.4. The van der Waals surface area contributed by atoms with Gasteiger partial charge in [0.25, 0.3) is 11.6 Å². The van der Waals surface area contributed by atoms with E-state index in [0.717, 1.165) is 37.8 Å². The first-order valence-corrected chi connectivity index (χ1v) is 7.97. The van der Waals surface area contributed by atoms with Crippen LogP contribution in [0.4, 0.5) is 10.1 Å². The third kappa shape index (κ3) is 3.58. The summed E-state index contributed by atoms with van der Waals surface area (Å²) in [6.45, 7) is 0.500. The Morgan fingerprint density at radius 3 is 2.62 bits per heavy atom. The predicted octanol–water partition coefficient (Wildman–Crippen LogP) is 3.51. The van der Waals surface area contributed by atoms with Crippen LogP contribution >= 0.6 is 15.9 Å². The van der Waals surface area contributed by atoms with Crippen LogP contribution in [0.25, 0.3) is 0 Å². The number of non-ortho nitro benzene ring substituents is 1. The molecule has 0 aliphatic heterocycles. The van der Waals surface area contributed by atoms with Crippen molar-refractivity contribution in [3.63, 3.8) is 0 Å². The Morgan fingerprint density at radius 2 is 2.10 bits per heavy atom. The van der Waals surface area contributed by atoms with E-state index in [4.69, 9.17) is 0 Å². The number of nitro benzene ring substituents is 1. The molecule has 1 saturated carbocycles. The van der Waals surface area contributed by atoms with Gasteiger partial charge in [0.2, 0.25) is 0 Å². The van der Waals surface area contributed by atoms with Crippen molar-refractivity contribution in [3.8, 4) is 0 Å². The van der Waals surface area contributed by atoms with E-state index >= 15 is 0 Å². The lowest BCUT2D eigenvalue weighted by Gasteiger charge is -2.28. The van der Waals surface area contributed by atoms with Crippen molar-refractivity contribution in [2.24, 2.45) is 0 Å². The molecule has 0 atom stereocenters. The maximum Gasteiger partial charge on any atom is 0.272 e. The van der Waals surface area contributed by atoms with Gasteiger partial charge >= 0.3 is 0 Å². The van der Waals surface area contributed by atoms with Gasteiger partial charge in [-0.1, -0.05) is 28.8 Å². The lowest BCUT2D eigenvalue weighted by molar-refractivity contribution is -0.385. The van der Waals surface area contributed by atoms with Gasteiger partial charge in [-0.3, -0.25) is 14.9 Å². The minimum absolute atomic E-state index is 0.103. The highest BCUT2D eigenvalue weighted by atomic mass is 79.9. The summed E-state index contributed by atoms with van der Waals surface area (Å²) in [5.41, 5.74) is -0.453. The number of carbonyl (C=O) groups excluding carboxylic acids is 1. The first kappa shape index (κ1) is 15.9. The largest absolute Gasteiger partial charge is 0.335 e. The van der Waals surface area contributed by atoms with Gasteiger partial charge in [-0.25, -0.2) is 4.39 Å². The molecular weight excluding hydrogens is 343 g/mol. The second kappa shape index (κ2) is 6.98. The lowest BCUT2D eigenvalue weighted by Crippen LogP contribution is -2.40. The Hall–Kier alpha value is -1.50. The van der Waals surface area contributed by atoms with Crippen LogP contribution in [0.3, 0.4) is 0 Å². The number of hydrogen-bond acceptors (Lipinski definition) is 3. The van der Waals surface area contributed by atoms with Crippen LogP contribution < -0.4 is 0 Å². The SMILES string of the molecule is O=C(c1ccc([N+](=O)[O-])cc1F)N(CCBr)C1CCCC1. The molecule has 0 heterocycles. The Kier molecular flexibility index (Phi) is 5.27. The van der Waals surface area contributed by atoms with Crippen molar-refractivity contribution < 1.29 is 14.1 Å². The molecule has 0 bridgehead atoms. The van der Waals surface area contributed by atoms with Crippen molar-refractivity contribution in [1.29, 1.82) is 0 Å². The van der Waals surface area contributed by atoms with Crippen LogP contribution in [0, 0.1) is 15.9 Å². The molecule has 0 aromatic heterocycles. The number of alkyl halides is 1. The van der Waals surface area contributed by atoms with E-state index in [-0.39, 0.29) is 17.3 Å². The van der Waals surface area contributed by atoms with Gasteiger partial charge in [-0.2, -0.15) is 0 Å². The number of amides is 1. The molecule has 1 aliphatic rings. The van der Waals surface area contributed by atoms with E-state index in [9.17, 15) is 19.3 Å². The molecule has 114 valence electrons. The Morgan fingerprint density at radius 1 is 1.43 bits per heavy atom. The molecule has 0 unspecified atom stereocenters. The molecule has 1 aliphatic carbocycles. The summed E-state index contributed by atoms with van der Waals surface area (Å²) in [4.78, 5) is 24.1. The van der Waals surface area contributed by atoms with Crippen LogP contribution in [0.2, 0.25) is 0 Å². The molecule has 0 saturated heterocycles. The van der Waals surface area contributed by atoms with Gasteiger partial charge in [0, 0.05) is 24.0 Å². The minimum atomic E-state index is -0.841. The molecular formula is C14H16BrFN2O3. The van der Waals surface area contributed by atoms with Crippen molar-refractivity contribution in [2.45, 2.75) is 31.7 Å². The lowest BCUT2D eigenvalue weighted by atomic mass is 10.1. The Balaban J connectivity index is 2.25. The number of nitro groups is 1. The third-order valence-corrected chi connectivity index (χ3v) is 4.10. The number of benzene rings is 1. The van der Waals surface area contributed by atoms with Crippen molar-refractivity contribution >= 4 is 27.5 Å². The average molecular weight is 359 g/mol. The first-order valence-electron chi connectivity index (χ1n) is 6.85. The summed E-state index contributed by atoms with van der Waals surface area (Å²) >= 11 is 3.31. The summed E-state index contributed by atoms with van der Waals surface area (Å²) in [6, 6.07) is 3.29. The summed E-state index contributed by atoms with van der Waals surface area (Å²) in [5, 5.41) is 11.2. The zero-order chi connectivity index (χ0) is 15.4. The van der Waals surface area contributed by atoms with Gasteiger partial charge in [-0.15, -0.1) is 0 Å². The fraction of sp³-hybridized carbons (Fsp3) is 0.500. The van der Waals surface area contributed by atoms with Gasteiger partial charge < -0.3 is 4.90 Å². The monoisotopic (exact) mass is 358 g/mol. The predicted molar refractivity (Wildman–Crippen MR) is 80.1 cm³/mol. The summed E-state index contributed by atoms with van der Waals surface area (Å²) in [6.07, 6.45) is 3.99. The fourth-order valence-electron chi connectivity index (χ4n) is 2.70. The summed E-state index contributed by atoms with van der Waals surface area (Å²) in [7, 11) is 0. The van der Waals surface area contributed by atoms with E-state index in [1.807, 2.05) is 0 Å². The maximum atomic E-state index is 14.0. The molecule has 0 spiro atoms. The van der Waals surface area contributed by atoms with Gasteiger partial charge in [0.05, 0.1) is 16.6 Å². The second-order valence-electron chi connectivity index (χ2n) is 5.05. The van der Waals surface area contributed by atoms with Crippen LogP contribution in [0.15, 0.2) is 18.2 Å².